The van der Waals surface area contributed by atoms with Gasteiger partial charge < -0.3 is 10.5 Å². The Hall–Kier alpha value is -1.02. The van der Waals surface area contributed by atoms with Crippen molar-refractivity contribution in [2.24, 2.45) is 11.7 Å². The first kappa shape index (κ1) is 11.5. The number of rotatable bonds is 3. The molecule has 1 aliphatic carbocycles. The van der Waals surface area contributed by atoms with Gasteiger partial charge >= 0.3 is 0 Å². The number of benzene rings is 1. The van der Waals surface area contributed by atoms with Crippen LogP contribution in [0, 0.1) is 12.8 Å². The maximum atomic E-state index is 5.88. The zero-order valence-corrected chi connectivity index (χ0v) is 9.99. The van der Waals surface area contributed by atoms with E-state index >= 15 is 0 Å². The average molecular weight is 219 g/mol. The molecule has 1 saturated carbocycles. The summed E-state index contributed by atoms with van der Waals surface area (Å²) < 4.78 is 5.82. The highest BCUT2D eigenvalue weighted by Gasteiger charge is 2.18. The lowest BCUT2D eigenvalue weighted by Crippen LogP contribution is -2.28. The summed E-state index contributed by atoms with van der Waals surface area (Å²) in [6, 6.07) is 8.68. The van der Waals surface area contributed by atoms with Crippen LogP contribution in [-0.2, 0) is 0 Å². The summed E-state index contributed by atoms with van der Waals surface area (Å²) in [5.41, 5.74) is 7.14. The number of aryl methyl sites for hydroxylation is 1. The third kappa shape index (κ3) is 3.24. The predicted molar refractivity (Wildman–Crippen MR) is 66.6 cm³/mol. The van der Waals surface area contributed by atoms with E-state index in [1.807, 2.05) is 12.1 Å². The van der Waals surface area contributed by atoms with Crippen LogP contribution >= 0.6 is 0 Å². The first-order valence-corrected chi connectivity index (χ1v) is 6.19. The average Bonchev–Trinajstić information content (AvgIpc) is 2.28. The molecule has 16 heavy (non-hydrogen) atoms. The van der Waals surface area contributed by atoms with Gasteiger partial charge in [0.1, 0.15) is 5.75 Å². The molecule has 0 heterocycles. The Balaban J connectivity index is 1.79. The topological polar surface area (TPSA) is 35.2 Å². The molecule has 0 aromatic heterocycles. The lowest BCUT2D eigenvalue weighted by Gasteiger charge is -2.25. The van der Waals surface area contributed by atoms with Crippen molar-refractivity contribution >= 4 is 0 Å². The van der Waals surface area contributed by atoms with Crippen molar-refractivity contribution < 1.29 is 4.74 Å². The Labute approximate surface area is 97.8 Å². The van der Waals surface area contributed by atoms with Gasteiger partial charge in [-0.3, -0.25) is 0 Å². The first-order valence-electron chi connectivity index (χ1n) is 6.19. The van der Waals surface area contributed by atoms with Crippen LogP contribution in [0.25, 0.3) is 0 Å². The number of hydrogen-bond donors (Lipinski definition) is 1. The number of hydrogen-bond acceptors (Lipinski definition) is 2. The Morgan fingerprint density at radius 1 is 1.25 bits per heavy atom. The Morgan fingerprint density at radius 2 is 2.00 bits per heavy atom. The predicted octanol–water partition coefficient (Wildman–Crippen LogP) is 2.89. The highest BCUT2D eigenvalue weighted by atomic mass is 16.5. The third-order valence-electron chi connectivity index (χ3n) is 3.37. The van der Waals surface area contributed by atoms with Gasteiger partial charge in [0.2, 0.25) is 0 Å². The van der Waals surface area contributed by atoms with Gasteiger partial charge in [0.05, 0.1) is 6.61 Å². The minimum Gasteiger partial charge on any atom is -0.493 e. The van der Waals surface area contributed by atoms with Crippen molar-refractivity contribution in [2.75, 3.05) is 6.61 Å². The van der Waals surface area contributed by atoms with Crippen LogP contribution in [0.1, 0.15) is 31.2 Å². The van der Waals surface area contributed by atoms with Gasteiger partial charge in [-0.25, -0.2) is 0 Å². The van der Waals surface area contributed by atoms with Crippen molar-refractivity contribution in [2.45, 2.75) is 38.6 Å². The minimum atomic E-state index is 0.426. The highest BCUT2D eigenvalue weighted by Crippen LogP contribution is 2.24. The first-order chi connectivity index (χ1) is 7.74. The summed E-state index contributed by atoms with van der Waals surface area (Å²) in [5.74, 6) is 1.69. The fraction of sp³-hybridized carbons (Fsp3) is 0.571. The summed E-state index contributed by atoms with van der Waals surface area (Å²) in [7, 11) is 0. The molecule has 0 aliphatic heterocycles. The third-order valence-corrected chi connectivity index (χ3v) is 3.37. The van der Waals surface area contributed by atoms with E-state index in [9.17, 15) is 0 Å². The maximum absolute atomic E-state index is 5.88. The molecule has 0 saturated heterocycles. The maximum Gasteiger partial charge on any atom is 0.119 e. The summed E-state index contributed by atoms with van der Waals surface area (Å²) in [6.45, 7) is 2.93. The molecule has 1 aliphatic rings. The van der Waals surface area contributed by atoms with E-state index in [1.54, 1.807) is 0 Å². The van der Waals surface area contributed by atoms with E-state index in [2.05, 4.69) is 19.1 Å². The van der Waals surface area contributed by atoms with Gasteiger partial charge in [-0.1, -0.05) is 12.1 Å². The number of ether oxygens (including phenoxy) is 1. The molecule has 0 spiro atoms. The van der Waals surface area contributed by atoms with Gasteiger partial charge in [-0.15, -0.1) is 0 Å². The SMILES string of the molecule is Cc1cccc(OCC2CCC(N)CC2)c1. The van der Waals surface area contributed by atoms with Gasteiger partial charge in [-0.2, -0.15) is 0 Å². The van der Waals surface area contributed by atoms with Crippen LogP contribution in [0.5, 0.6) is 5.75 Å². The molecule has 0 unspecified atom stereocenters. The molecule has 1 aromatic carbocycles. The molecular formula is C14H21NO. The van der Waals surface area contributed by atoms with E-state index in [-0.39, 0.29) is 0 Å². The second-order valence-electron chi connectivity index (χ2n) is 4.91. The molecule has 2 nitrogen and oxygen atoms in total. The molecule has 1 fully saturated rings. The lowest BCUT2D eigenvalue weighted by atomic mass is 9.87. The van der Waals surface area contributed by atoms with Gasteiger partial charge in [0.15, 0.2) is 0 Å². The molecule has 88 valence electrons. The zero-order chi connectivity index (χ0) is 11.4. The van der Waals surface area contributed by atoms with E-state index in [1.165, 1.54) is 18.4 Å². The molecule has 0 atom stereocenters. The zero-order valence-electron chi connectivity index (χ0n) is 9.99. The van der Waals surface area contributed by atoms with Crippen molar-refractivity contribution in [3.8, 4) is 5.75 Å². The van der Waals surface area contributed by atoms with E-state index < -0.39 is 0 Å². The Kier molecular flexibility index (Phi) is 3.83. The van der Waals surface area contributed by atoms with E-state index in [4.69, 9.17) is 10.5 Å². The van der Waals surface area contributed by atoms with Crippen LogP contribution in [-0.4, -0.2) is 12.6 Å². The quantitative estimate of drug-likeness (QED) is 0.848. The van der Waals surface area contributed by atoms with E-state index in [0.29, 0.717) is 12.0 Å². The fourth-order valence-electron chi connectivity index (χ4n) is 2.27. The van der Waals surface area contributed by atoms with Crippen molar-refractivity contribution in [1.29, 1.82) is 0 Å². The van der Waals surface area contributed by atoms with Gasteiger partial charge in [0, 0.05) is 6.04 Å². The monoisotopic (exact) mass is 219 g/mol. The van der Waals surface area contributed by atoms with Crippen molar-refractivity contribution in [1.82, 2.24) is 0 Å². The summed E-state index contributed by atoms with van der Waals surface area (Å²) >= 11 is 0. The lowest BCUT2D eigenvalue weighted by molar-refractivity contribution is 0.200. The second kappa shape index (κ2) is 5.35. The fourth-order valence-corrected chi connectivity index (χ4v) is 2.27. The van der Waals surface area contributed by atoms with Crippen molar-refractivity contribution in [3.63, 3.8) is 0 Å². The van der Waals surface area contributed by atoms with Crippen LogP contribution in [0.4, 0.5) is 0 Å². The highest BCUT2D eigenvalue weighted by molar-refractivity contribution is 5.27. The largest absolute Gasteiger partial charge is 0.493 e. The standard InChI is InChI=1S/C14H21NO/c1-11-3-2-4-14(9-11)16-10-12-5-7-13(15)8-6-12/h2-4,9,12-13H,5-8,10,15H2,1H3. The normalized spacial score (nSPS) is 25.4. The molecule has 0 radical (unpaired) electrons. The molecule has 0 amide bonds. The summed E-state index contributed by atoms with van der Waals surface area (Å²) in [5, 5.41) is 0. The second-order valence-corrected chi connectivity index (χ2v) is 4.91. The van der Waals surface area contributed by atoms with Gasteiger partial charge in [-0.05, 0) is 56.2 Å². The summed E-state index contributed by atoms with van der Waals surface area (Å²) in [6.07, 6.45) is 4.74. The molecule has 1 aromatic rings. The minimum absolute atomic E-state index is 0.426. The molecule has 0 bridgehead atoms. The van der Waals surface area contributed by atoms with Crippen LogP contribution in [0.2, 0.25) is 0 Å². The molecule has 2 rings (SSSR count). The van der Waals surface area contributed by atoms with Crippen LogP contribution in [0.15, 0.2) is 24.3 Å². The van der Waals surface area contributed by atoms with E-state index in [0.717, 1.165) is 25.2 Å². The van der Waals surface area contributed by atoms with Crippen LogP contribution < -0.4 is 10.5 Å². The van der Waals surface area contributed by atoms with Crippen molar-refractivity contribution in [3.05, 3.63) is 29.8 Å². The Bertz CT molecular complexity index is 329. The van der Waals surface area contributed by atoms with Crippen LogP contribution in [0.3, 0.4) is 0 Å². The smallest absolute Gasteiger partial charge is 0.119 e. The summed E-state index contributed by atoms with van der Waals surface area (Å²) in [4.78, 5) is 0. The number of nitrogens with two attached hydrogens (primary N) is 1. The Morgan fingerprint density at radius 3 is 2.69 bits per heavy atom. The molecular weight excluding hydrogens is 198 g/mol. The molecule has 2 N–H and O–H groups in total. The van der Waals surface area contributed by atoms with Gasteiger partial charge in [0.25, 0.3) is 0 Å². The molecule has 2 heteroatoms.